The van der Waals surface area contributed by atoms with Gasteiger partial charge >= 0.3 is 0 Å². The number of piperazine rings is 1. The van der Waals surface area contributed by atoms with Crippen LogP contribution >= 0.6 is 0 Å². The number of aromatic nitrogens is 2. The Morgan fingerprint density at radius 3 is 2.83 bits per heavy atom. The fourth-order valence-corrected chi connectivity index (χ4v) is 2.78. The Morgan fingerprint density at radius 2 is 2.17 bits per heavy atom. The Bertz CT molecular complexity index is 485. The molecule has 1 aliphatic heterocycles. The van der Waals surface area contributed by atoms with Gasteiger partial charge in [0, 0.05) is 51.2 Å². The quantitative estimate of drug-likeness (QED) is 0.751. The summed E-state index contributed by atoms with van der Waals surface area (Å²) in [4.78, 5) is 25.0. The molecule has 7 heteroatoms. The van der Waals surface area contributed by atoms with E-state index < -0.39 is 0 Å². The minimum atomic E-state index is -0.199. The van der Waals surface area contributed by atoms with E-state index in [1.807, 2.05) is 13.8 Å². The molecular weight excluding hydrogens is 294 g/mol. The standard InChI is InChI=1S/C16H27N5O2/c1-4-23-11-10-20-8-9-21(12-13(20)2)14(3)15(22)19-16-17-6-5-7-18-16/h5-7,13-14H,4,8-12H2,1-3H3,(H,17,18,19,22). The highest BCUT2D eigenvalue weighted by atomic mass is 16.5. The summed E-state index contributed by atoms with van der Waals surface area (Å²) in [7, 11) is 0. The topological polar surface area (TPSA) is 70.6 Å². The lowest BCUT2D eigenvalue weighted by Gasteiger charge is -2.41. The number of amides is 1. The number of nitrogens with one attached hydrogen (secondary N) is 1. The third-order valence-corrected chi connectivity index (χ3v) is 4.25. The lowest BCUT2D eigenvalue weighted by Crippen LogP contribution is -2.57. The molecule has 1 saturated heterocycles. The van der Waals surface area contributed by atoms with Crippen molar-refractivity contribution < 1.29 is 9.53 Å². The average molecular weight is 321 g/mol. The monoisotopic (exact) mass is 321 g/mol. The summed E-state index contributed by atoms with van der Waals surface area (Å²) in [5.41, 5.74) is 0. The number of anilines is 1. The minimum absolute atomic E-state index is 0.0637. The first-order valence-electron chi connectivity index (χ1n) is 8.25. The first kappa shape index (κ1) is 17.8. The largest absolute Gasteiger partial charge is 0.380 e. The van der Waals surface area contributed by atoms with Crippen molar-refractivity contribution in [2.75, 3.05) is 44.7 Å². The molecular formula is C16H27N5O2. The molecule has 1 fully saturated rings. The van der Waals surface area contributed by atoms with Gasteiger partial charge in [-0.1, -0.05) is 0 Å². The van der Waals surface area contributed by atoms with Crippen LogP contribution in [0.4, 0.5) is 5.95 Å². The van der Waals surface area contributed by atoms with E-state index in [0.29, 0.717) is 12.0 Å². The smallest absolute Gasteiger partial charge is 0.243 e. The summed E-state index contributed by atoms with van der Waals surface area (Å²) in [5, 5.41) is 2.77. The van der Waals surface area contributed by atoms with Gasteiger partial charge in [-0.25, -0.2) is 9.97 Å². The number of hydrogen-bond acceptors (Lipinski definition) is 6. The molecule has 0 saturated carbocycles. The Balaban J connectivity index is 1.82. The molecule has 7 nitrogen and oxygen atoms in total. The lowest BCUT2D eigenvalue weighted by atomic mass is 10.1. The highest BCUT2D eigenvalue weighted by molar-refractivity contribution is 5.93. The van der Waals surface area contributed by atoms with Crippen LogP contribution in [-0.2, 0) is 9.53 Å². The van der Waals surface area contributed by atoms with E-state index in [1.165, 1.54) is 0 Å². The van der Waals surface area contributed by atoms with Crippen molar-refractivity contribution in [1.29, 1.82) is 0 Å². The van der Waals surface area contributed by atoms with Crippen LogP contribution in [0.1, 0.15) is 20.8 Å². The van der Waals surface area contributed by atoms with Crippen molar-refractivity contribution in [3.8, 4) is 0 Å². The van der Waals surface area contributed by atoms with Gasteiger partial charge in [-0.3, -0.25) is 19.9 Å². The van der Waals surface area contributed by atoms with Gasteiger partial charge in [-0.15, -0.1) is 0 Å². The molecule has 1 amide bonds. The fourth-order valence-electron chi connectivity index (χ4n) is 2.78. The molecule has 2 rings (SSSR count). The number of nitrogens with zero attached hydrogens (tertiary/aromatic N) is 4. The summed E-state index contributed by atoms with van der Waals surface area (Å²) in [5.74, 6) is 0.291. The van der Waals surface area contributed by atoms with E-state index >= 15 is 0 Å². The first-order valence-corrected chi connectivity index (χ1v) is 8.25. The second-order valence-corrected chi connectivity index (χ2v) is 5.81. The van der Waals surface area contributed by atoms with E-state index in [-0.39, 0.29) is 11.9 Å². The van der Waals surface area contributed by atoms with Crippen molar-refractivity contribution in [3.05, 3.63) is 18.5 Å². The molecule has 1 N–H and O–H groups in total. The number of ether oxygens (including phenoxy) is 1. The van der Waals surface area contributed by atoms with Crippen LogP contribution in [0.2, 0.25) is 0 Å². The Morgan fingerprint density at radius 1 is 1.43 bits per heavy atom. The van der Waals surface area contributed by atoms with Crippen molar-refractivity contribution in [2.24, 2.45) is 0 Å². The maximum Gasteiger partial charge on any atom is 0.243 e. The minimum Gasteiger partial charge on any atom is -0.380 e. The number of hydrogen-bond donors (Lipinski definition) is 1. The Labute approximate surface area is 138 Å². The molecule has 0 aliphatic carbocycles. The molecule has 0 radical (unpaired) electrons. The zero-order chi connectivity index (χ0) is 16.7. The first-order chi connectivity index (χ1) is 11.1. The lowest BCUT2D eigenvalue weighted by molar-refractivity contribution is -0.122. The molecule has 0 aromatic carbocycles. The van der Waals surface area contributed by atoms with Gasteiger partial charge in [0.1, 0.15) is 0 Å². The van der Waals surface area contributed by atoms with Crippen molar-refractivity contribution in [3.63, 3.8) is 0 Å². The van der Waals surface area contributed by atoms with Gasteiger partial charge in [-0.05, 0) is 26.8 Å². The van der Waals surface area contributed by atoms with Gasteiger partial charge < -0.3 is 4.74 Å². The van der Waals surface area contributed by atoms with Gasteiger partial charge in [-0.2, -0.15) is 0 Å². The van der Waals surface area contributed by atoms with Crippen molar-refractivity contribution in [2.45, 2.75) is 32.9 Å². The van der Waals surface area contributed by atoms with E-state index in [4.69, 9.17) is 4.74 Å². The fraction of sp³-hybridized carbons (Fsp3) is 0.688. The Hall–Kier alpha value is -1.57. The van der Waals surface area contributed by atoms with Crippen molar-refractivity contribution >= 4 is 11.9 Å². The van der Waals surface area contributed by atoms with E-state index in [2.05, 4.69) is 32.0 Å². The van der Waals surface area contributed by atoms with Crippen LogP contribution in [0.25, 0.3) is 0 Å². The molecule has 1 aromatic rings. The van der Waals surface area contributed by atoms with Gasteiger partial charge in [0.25, 0.3) is 0 Å². The van der Waals surface area contributed by atoms with Crippen LogP contribution in [0, 0.1) is 0 Å². The number of carbonyl (C=O) groups excluding carboxylic acids is 1. The Kier molecular flexibility index (Phi) is 6.88. The maximum absolute atomic E-state index is 12.3. The number of rotatable bonds is 7. The zero-order valence-electron chi connectivity index (χ0n) is 14.2. The summed E-state index contributed by atoms with van der Waals surface area (Å²) in [6.45, 7) is 11.3. The van der Waals surface area contributed by atoms with E-state index in [1.54, 1.807) is 18.5 Å². The number of carbonyl (C=O) groups is 1. The highest BCUT2D eigenvalue weighted by Gasteiger charge is 2.29. The second kappa shape index (κ2) is 8.90. The molecule has 1 aliphatic rings. The molecule has 1 aromatic heterocycles. The van der Waals surface area contributed by atoms with Crippen LogP contribution < -0.4 is 5.32 Å². The third kappa shape index (κ3) is 5.23. The maximum atomic E-state index is 12.3. The van der Waals surface area contributed by atoms with Gasteiger partial charge in [0.15, 0.2) is 0 Å². The summed E-state index contributed by atoms with van der Waals surface area (Å²) in [6.07, 6.45) is 3.24. The highest BCUT2D eigenvalue weighted by Crippen LogP contribution is 2.13. The van der Waals surface area contributed by atoms with Crippen LogP contribution in [0.5, 0.6) is 0 Å². The molecule has 0 spiro atoms. The predicted molar refractivity (Wildman–Crippen MR) is 89.2 cm³/mol. The summed E-state index contributed by atoms with van der Waals surface area (Å²) >= 11 is 0. The molecule has 2 unspecified atom stereocenters. The molecule has 2 heterocycles. The SMILES string of the molecule is CCOCCN1CCN(C(C)C(=O)Nc2ncccn2)CC1C. The van der Waals surface area contributed by atoms with Crippen LogP contribution in [0.15, 0.2) is 18.5 Å². The normalized spacial score (nSPS) is 21.1. The average Bonchev–Trinajstić information content (AvgIpc) is 2.56. The summed E-state index contributed by atoms with van der Waals surface area (Å²) < 4.78 is 5.43. The predicted octanol–water partition coefficient (Wildman–Crippen LogP) is 0.846. The van der Waals surface area contributed by atoms with Gasteiger partial charge in [0.2, 0.25) is 11.9 Å². The second-order valence-electron chi connectivity index (χ2n) is 5.81. The molecule has 23 heavy (non-hydrogen) atoms. The van der Waals surface area contributed by atoms with Crippen LogP contribution in [0.3, 0.4) is 0 Å². The molecule has 0 bridgehead atoms. The van der Waals surface area contributed by atoms with Crippen LogP contribution in [-0.4, -0.2) is 77.2 Å². The third-order valence-electron chi connectivity index (χ3n) is 4.25. The van der Waals surface area contributed by atoms with Gasteiger partial charge in [0.05, 0.1) is 12.6 Å². The van der Waals surface area contributed by atoms with E-state index in [9.17, 15) is 4.79 Å². The molecule has 2 atom stereocenters. The zero-order valence-corrected chi connectivity index (χ0v) is 14.2. The molecule has 128 valence electrons. The summed E-state index contributed by atoms with van der Waals surface area (Å²) in [6, 6.07) is 1.94. The van der Waals surface area contributed by atoms with Crippen molar-refractivity contribution in [1.82, 2.24) is 19.8 Å². The van der Waals surface area contributed by atoms with E-state index in [0.717, 1.165) is 39.4 Å².